The Bertz CT molecular complexity index is 1340. The van der Waals surface area contributed by atoms with Crippen LogP contribution in [0.3, 0.4) is 0 Å². The van der Waals surface area contributed by atoms with E-state index in [1.54, 1.807) is 22.9 Å². The molecule has 3 heterocycles. The normalized spacial score (nSPS) is 13.0. The standard InChI is InChI=1S/C27H26N6O3/c1-19-9-11-20(12-10-19)23-17-25(33(31-23)21-7-3-2-4-8-21)28-26(34)18-36-27(35)22-13-14-24(30-29-22)32-15-5-6-16-32/h2-4,7-14,17H,5-6,15-16,18H2,1H3,(H,28,34). The number of nitrogens with one attached hydrogen (secondary N) is 1. The van der Waals surface area contributed by atoms with Gasteiger partial charge in [0.15, 0.2) is 18.1 Å². The maximum absolute atomic E-state index is 12.7. The number of aromatic nitrogens is 4. The lowest BCUT2D eigenvalue weighted by Gasteiger charge is -2.15. The summed E-state index contributed by atoms with van der Waals surface area (Å²) in [6.07, 6.45) is 2.24. The van der Waals surface area contributed by atoms with Gasteiger partial charge in [-0.1, -0.05) is 48.0 Å². The van der Waals surface area contributed by atoms with Crippen molar-refractivity contribution >= 4 is 23.5 Å². The van der Waals surface area contributed by atoms with Crippen LogP contribution in [0.15, 0.2) is 72.8 Å². The summed E-state index contributed by atoms with van der Waals surface area (Å²) in [5.41, 5.74) is 3.62. The van der Waals surface area contributed by atoms with Crippen molar-refractivity contribution in [2.75, 3.05) is 29.9 Å². The summed E-state index contributed by atoms with van der Waals surface area (Å²) in [6, 6.07) is 22.6. The number of esters is 1. The Hall–Kier alpha value is -4.53. The predicted octanol–water partition coefficient (Wildman–Crippen LogP) is 4.03. The Labute approximate surface area is 208 Å². The average Bonchev–Trinajstić information content (AvgIpc) is 3.59. The lowest BCUT2D eigenvalue weighted by molar-refractivity contribution is -0.119. The number of anilines is 2. The number of carbonyl (C=O) groups excluding carboxylic acids is 2. The summed E-state index contributed by atoms with van der Waals surface area (Å²) in [5, 5.41) is 15.6. The fraction of sp³-hybridized carbons (Fsp3) is 0.222. The van der Waals surface area contributed by atoms with Crippen molar-refractivity contribution in [3.63, 3.8) is 0 Å². The summed E-state index contributed by atoms with van der Waals surface area (Å²) in [7, 11) is 0. The number of rotatable bonds is 7. The number of ether oxygens (including phenoxy) is 1. The van der Waals surface area contributed by atoms with E-state index in [-0.39, 0.29) is 5.69 Å². The molecule has 4 aromatic rings. The van der Waals surface area contributed by atoms with Crippen molar-refractivity contribution in [3.8, 4) is 16.9 Å². The maximum atomic E-state index is 12.7. The molecule has 0 spiro atoms. The Morgan fingerprint density at radius 2 is 1.69 bits per heavy atom. The fourth-order valence-corrected chi connectivity index (χ4v) is 4.03. The minimum absolute atomic E-state index is 0.0572. The van der Waals surface area contributed by atoms with Gasteiger partial charge in [-0.2, -0.15) is 5.10 Å². The number of aryl methyl sites for hydroxylation is 1. The summed E-state index contributed by atoms with van der Waals surface area (Å²) < 4.78 is 6.83. The van der Waals surface area contributed by atoms with Crippen LogP contribution in [0.4, 0.5) is 11.6 Å². The summed E-state index contributed by atoms with van der Waals surface area (Å²) in [6.45, 7) is 3.43. The van der Waals surface area contributed by atoms with E-state index in [1.807, 2.05) is 61.5 Å². The van der Waals surface area contributed by atoms with Gasteiger partial charge >= 0.3 is 5.97 Å². The van der Waals surface area contributed by atoms with Crippen LogP contribution >= 0.6 is 0 Å². The van der Waals surface area contributed by atoms with E-state index in [0.717, 1.165) is 48.6 Å². The molecule has 36 heavy (non-hydrogen) atoms. The van der Waals surface area contributed by atoms with Gasteiger partial charge < -0.3 is 15.0 Å². The number of amides is 1. The molecule has 1 N–H and O–H groups in total. The molecule has 1 fully saturated rings. The molecule has 0 aliphatic carbocycles. The molecule has 1 aliphatic heterocycles. The third-order valence-corrected chi connectivity index (χ3v) is 5.95. The van der Waals surface area contributed by atoms with Gasteiger partial charge in [0.2, 0.25) is 0 Å². The van der Waals surface area contributed by atoms with Crippen LogP contribution < -0.4 is 10.2 Å². The molecular weight excluding hydrogens is 456 g/mol. The maximum Gasteiger partial charge on any atom is 0.359 e. The molecule has 0 atom stereocenters. The van der Waals surface area contributed by atoms with Gasteiger partial charge in [0.1, 0.15) is 5.82 Å². The van der Waals surface area contributed by atoms with Crippen molar-refractivity contribution in [1.29, 1.82) is 0 Å². The number of benzene rings is 2. The highest BCUT2D eigenvalue weighted by Crippen LogP contribution is 2.25. The van der Waals surface area contributed by atoms with E-state index in [4.69, 9.17) is 4.74 Å². The Kier molecular flexibility index (Phi) is 6.70. The van der Waals surface area contributed by atoms with Crippen molar-refractivity contribution in [3.05, 3.63) is 84.1 Å². The third-order valence-electron chi connectivity index (χ3n) is 5.95. The molecule has 2 aromatic heterocycles. The van der Waals surface area contributed by atoms with Crippen molar-refractivity contribution in [2.45, 2.75) is 19.8 Å². The van der Waals surface area contributed by atoms with Crippen LogP contribution in [0.5, 0.6) is 0 Å². The molecule has 1 aliphatic rings. The zero-order valence-corrected chi connectivity index (χ0v) is 19.9. The Morgan fingerprint density at radius 3 is 2.39 bits per heavy atom. The highest BCUT2D eigenvalue weighted by atomic mass is 16.5. The minimum atomic E-state index is -0.706. The lowest BCUT2D eigenvalue weighted by atomic mass is 10.1. The van der Waals surface area contributed by atoms with Gasteiger partial charge in [-0.15, -0.1) is 10.2 Å². The second kappa shape index (κ2) is 10.4. The van der Waals surface area contributed by atoms with Gasteiger partial charge in [0.05, 0.1) is 11.4 Å². The molecule has 2 aromatic carbocycles. The third kappa shape index (κ3) is 5.25. The average molecular weight is 483 g/mol. The summed E-state index contributed by atoms with van der Waals surface area (Å²) >= 11 is 0. The molecule has 0 radical (unpaired) electrons. The fourth-order valence-electron chi connectivity index (χ4n) is 4.03. The molecule has 9 heteroatoms. The van der Waals surface area contributed by atoms with Gasteiger partial charge in [0, 0.05) is 24.7 Å². The lowest BCUT2D eigenvalue weighted by Crippen LogP contribution is -2.23. The highest BCUT2D eigenvalue weighted by molar-refractivity contribution is 5.95. The molecule has 1 amide bonds. The minimum Gasteiger partial charge on any atom is -0.451 e. The van der Waals surface area contributed by atoms with Gasteiger partial charge in [-0.3, -0.25) is 4.79 Å². The van der Waals surface area contributed by atoms with Crippen LogP contribution in [0.1, 0.15) is 28.9 Å². The Balaban J connectivity index is 1.27. The monoisotopic (exact) mass is 482 g/mol. The first kappa shape index (κ1) is 23.2. The molecule has 0 unspecified atom stereocenters. The molecule has 0 saturated carbocycles. The predicted molar refractivity (Wildman–Crippen MR) is 136 cm³/mol. The van der Waals surface area contributed by atoms with Crippen molar-refractivity contribution in [2.24, 2.45) is 0 Å². The van der Waals surface area contributed by atoms with Crippen LogP contribution in [-0.4, -0.2) is 51.6 Å². The number of hydrogen-bond donors (Lipinski definition) is 1. The van der Waals surface area contributed by atoms with Gasteiger partial charge in [-0.05, 0) is 44.0 Å². The van der Waals surface area contributed by atoms with Crippen molar-refractivity contribution < 1.29 is 14.3 Å². The first-order chi connectivity index (χ1) is 17.6. The molecular formula is C27H26N6O3. The van der Waals surface area contributed by atoms with Crippen LogP contribution in [0.25, 0.3) is 16.9 Å². The zero-order valence-electron chi connectivity index (χ0n) is 19.9. The van der Waals surface area contributed by atoms with E-state index in [0.29, 0.717) is 11.5 Å². The number of nitrogens with zero attached hydrogens (tertiary/aromatic N) is 5. The van der Waals surface area contributed by atoms with E-state index in [9.17, 15) is 9.59 Å². The largest absolute Gasteiger partial charge is 0.451 e. The second-order valence-corrected chi connectivity index (χ2v) is 8.62. The van der Waals surface area contributed by atoms with Gasteiger partial charge in [-0.25, -0.2) is 9.48 Å². The zero-order chi connectivity index (χ0) is 24.9. The highest BCUT2D eigenvalue weighted by Gasteiger charge is 2.18. The first-order valence-electron chi connectivity index (χ1n) is 11.8. The summed E-state index contributed by atoms with van der Waals surface area (Å²) in [4.78, 5) is 27.2. The van der Waals surface area contributed by atoms with Crippen LogP contribution in [0, 0.1) is 6.92 Å². The van der Waals surface area contributed by atoms with Gasteiger partial charge in [0.25, 0.3) is 5.91 Å². The molecule has 5 rings (SSSR count). The number of carbonyl (C=O) groups is 2. The summed E-state index contributed by atoms with van der Waals surface area (Å²) in [5.74, 6) is 0.00740. The quantitative estimate of drug-likeness (QED) is 0.397. The Morgan fingerprint density at radius 1 is 0.944 bits per heavy atom. The molecule has 182 valence electrons. The smallest absolute Gasteiger partial charge is 0.359 e. The van der Waals surface area contributed by atoms with E-state index < -0.39 is 18.5 Å². The van der Waals surface area contributed by atoms with E-state index in [1.165, 1.54) is 0 Å². The molecule has 9 nitrogen and oxygen atoms in total. The van der Waals surface area contributed by atoms with E-state index >= 15 is 0 Å². The van der Waals surface area contributed by atoms with E-state index in [2.05, 4.69) is 25.5 Å². The number of para-hydroxylation sites is 1. The van der Waals surface area contributed by atoms with Crippen molar-refractivity contribution in [1.82, 2.24) is 20.0 Å². The SMILES string of the molecule is Cc1ccc(-c2cc(NC(=O)COC(=O)c3ccc(N4CCCC4)nn3)n(-c3ccccc3)n2)cc1. The van der Waals surface area contributed by atoms with Crippen LogP contribution in [0.2, 0.25) is 0 Å². The first-order valence-corrected chi connectivity index (χ1v) is 11.8. The number of hydrogen-bond acceptors (Lipinski definition) is 7. The topological polar surface area (TPSA) is 102 Å². The molecule has 0 bridgehead atoms. The molecule has 1 saturated heterocycles. The van der Waals surface area contributed by atoms with Crippen LogP contribution in [-0.2, 0) is 9.53 Å². The second-order valence-electron chi connectivity index (χ2n) is 8.62.